The highest BCUT2D eigenvalue weighted by Gasteiger charge is 2.22. The monoisotopic (exact) mass is 287 g/mol. The van der Waals surface area contributed by atoms with Crippen LogP contribution >= 0.6 is 0 Å². The topological polar surface area (TPSA) is 61.7 Å². The molecule has 3 unspecified atom stereocenters. The van der Waals surface area contributed by atoms with Gasteiger partial charge in [0.25, 0.3) is 0 Å². The zero-order chi connectivity index (χ0) is 14.6. The van der Waals surface area contributed by atoms with Gasteiger partial charge < -0.3 is 20.3 Å². The summed E-state index contributed by atoms with van der Waals surface area (Å²) < 4.78 is 5.85. The number of hydrogen-bond donors (Lipinski definition) is 3. The van der Waals surface area contributed by atoms with Crippen LogP contribution in [-0.2, 0) is 4.74 Å². The van der Waals surface area contributed by atoms with E-state index in [2.05, 4.69) is 12.2 Å². The lowest BCUT2D eigenvalue weighted by Crippen LogP contribution is -2.34. The first-order valence-corrected chi connectivity index (χ1v) is 8.35. The van der Waals surface area contributed by atoms with Crippen molar-refractivity contribution in [3.05, 3.63) is 0 Å². The first kappa shape index (κ1) is 17.9. The van der Waals surface area contributed by atoms with Crippen molar-refractivity contribution >= 4 is 0 Å². The molecular weight excluding hydrogens is 254 g/mol. The quantitative estimate of drug-likeness (QED) is 0.509. The van der Waals surface area contributed by atoms with Crippen molar-refractivity contribution in [2.45, 2.75) is 70.5 Å². The molecule has 0 aromatic rings. The summed E-state index contributed by atoms with van der Waals surface area (Å²) in [6.45, 7) is 4.54. The molecule has 0 amide bonds. The number of rotatable bonds is 11. The molecule has 0 heterocycles. The third-order valence-corrected chi connectivity index (χ3v) is 4.18. The smallest absolute Gasteiger partial charge is 0.0897 e. The Bertz CT molecular complexity index is 226. The minimum Gasteiger partial charge on any atom is -0.396 e. The van der Waals surface area contributed by atoms with Crippen LogP contribution in [0.5, 0.6) is 0 Å². The predicted molar refractivity (Wildman–Crippen MR) is 81.8 cm³/mol. The third-order valence-electron chi connectivity index (χ3n) is 4.18. The van der Waals surface area contributed by atoms with Gasteiger partial charge in [-0.3, -0.25) is 0 Å². The summed E-state index contributed by atoms with van der Waals surface area (Å²) in [5, 5.41) is 21.8. The molecule has 0 saturated heterocycles. The van der Waals surface area contributed by atoms with E-state index < -0.39 is 6.10 Å². The average Bonchev–Trinajstić information content (AvgIpc) is 2.45. The third kappa shape index (κ3) is 8.20. The summed E-state index contributed by atoms with van der Waals surface area (Å²) >= 11 is 0. The van der Waals surface area contributed by atoms with Crippen LogP contribution in [0, 0.1) is 5.92 Å². The van der Waals surface area contributed by atoms with E-state index in [1.807, 2.05) is 0 Å². The molecule has 20 heavy (non-hydrogen) atoms. The summed E-state index contributed by atoms with van der Waals surface area (Å²) in [6, 6.07) is 0. The van der Waals surface area contributed by atoms with E-state index in [-0.39, 0.29) is 0 Å². The molecule has 1 aliphatic carbocycles. The number of hydrogen-bond acceptors (Lipinski definition) is 4. The maximum Gasteiger partial charge on any atom is 0.0897 e. The Morgan fingerprint density at radius 1 is 1.15 bits per heavy atom. The first-order valence-electron chi connectivity index (χ1n) is 8.35. The van der Waals surface area contributed by atoms with E-state index in [0.717, 1.165) is 38.6 Å². The van der Waals surface area contributed by atoms with Crippen LogP contribution in [0.15, 0.2) is 0 Å². The summed E-state index contributed by atoms with van der Waals surface area (Å²) in [7, 11) is 0. The molecule has 0 aliphatic heterocycles. The molecule has 0 spiro atoms. The fraction of sp³-hybridized carbons (Fsp3) is 1.00. The van der Waals surface area contributed by atoms with Gasteiger partial charge in [-0.05, 0) is 38.1 Å². The molecule has 0 radical (unpaired) electrons. The fourth-order valence-electron chi connectivity index (χ4n) is 2.81. The van der Waals surface area contributed by atoms with Crippen LogP contribution in [0.4, 0.5) is 0 Å². The highest BCUT2D eigenvalue weighted by molar-refractivity contribution is 4.73. The molecule has 3 atom stereocenters. The summed E-state index contributed by atoms with van der Waals surface area (Å²) in [5.74, 6) is 0.635. The second kappa shape index (κ2) is 11.5. The largest absolute Gasteiger partial charge is 0.396 e. The number of unbranched alkanes of at least 4 members (excludes halogenated alkanes) is 3. The van der Waals surface area contributed by atoms with Gasteiger partial charge in [0.15, 0.2) is 0 Å². The number of aliphatic hydroxyl groups excluding tert-OH is 2. The minimum absolute atomic E-state index is 0.295. The standard InChI is InChI=1S/C16H33NO3/c1-14-8-4-5-9-16(14)20-13-15(19)12-17-10-6-2-3-7-11-18/h14-19H,2-13H2,1H3. The van der Waals surface area contributed by atoms with E-state index in [9.17, 15) is 5.11 Å². The van der Waals surface area contributed by atoms with Crippen molar-refractivity contribution in [3.63, 3.8) is 0 Å². The molecule has 4 heteroatoms. The molecule has 1 rings (SSSR count). The molecule has 0 aromatic carbocycles. The number of aliphatic hydroxyl groups is 2. The molecule has 120 valence electrons. The highest BCUT2D eigenvalue weighted by atomic mass is 16.5. The van der Waals surface area contributed by atoms with Gasteiger partial charge in [-0.1, -0.05) is 32.6 Å². The Hall–Kier alpha value is -0.160. The Morgan fingerprint density at radius 2 is 1.90 bits per heavy atom. The van der Waals surface area contributed by atoms with E-state index >= 15 is 0 Å². The van der Waals surface area contributed by atoms with Crippen LogP contribution in [0.3, 0.4) is 0 Å². The van der Waals surface area contributed by atoms with Crippen LogP contribution in [0.2, 0.25) is 0 Å². The Balaban J connectivity index is 1.93. The van der Waals surface area contributed by atoms with E-state index in [1.54, 1.807) is 0 Å². The van der Waals surface area contributed by atoms with Gasteiger partial charge in [0, 0.05) is 13.2 Å². The summed E-state index contributed by atoms with van der Waals surface area (Å²) in [4.78, 5) is 0. The lowest BCUT2D eigenvalue weighted by atomic mass is 9.88. The van der Waals surface area contributed by atoms with Crippen LogP contribution in [0.1, 0.15) is 58.3 Å². The zero-order valence-electron chi connectivity index (χ0n) is 13.0. The second-order valence-corrected chi connectivity index (χ2v) is 6.13. The maximum absolute atomic E-state index is 9.89. The molecule has 4 nitrogen and oxygen atoms in total. The lowest BCUT2D eigenvalue weighted by Gasteiger charge is -2.29. The molecule has 0 bridgehead atoms. The zero-order valence-corrected chi connectivity index (χ0v) is 13.0. The Kier molecular flexibility index (Phi) is 10.3. The molecule has 0 aromatic heterocycles. The fourth-order valence-corrected chi connectivity index (χ4v) is 2.81. The van der Waals surface area contributed by atoms with Gasteiger partial charge in [0.05, 0.1) is 18.8 Å². The van der Waals surface area contributed by atoms with Crippen molar-refractivity contribution in [1.82, 2.24) is 5.32 Å². The van der Waals surface area contributed by atoms with E-state index in [0.29, 0.717) is 31.8 Å². The van der Waals surface area contributed by atoms with Crippen molar-refractivity contribution in [3.8, 4) is 0 Å². The number of nitrogens with one attached hydrogen (secondary N) is 1. The molecular formula is C16H33NO3. The van der Waals surface area contributed by atoms with Gasteiger partial charge in [-0.15, -0.1) is 0 Å². The van der Waals surface area contributed by atoms with Crippen LogP contribution in [0.25, 0.3) is 0 Å². The van der Waals surface area contributed by atoms with Gasteiger partial charge in [-0.2, -0.15) is 0 Å². The summed E-state index contributed by atoms with van der Waals surface area (Å²) in [6.07, 6.45) is 9.16. The molecule has 1 aliphatic rings. The van der Waals surface area contributed by atoms with Crippen molar-refractivity contribution in [2.75, 3.05) is 26.3 Å². The average molecular weight is 287 g/mol. The minimum atomic E-state index is -0.401. The normalized spacial score (nSPS) is 24.8. The predicted octanol–water partition coefficient (Wildman–Crippen LogP) is 2.08. The van der Waals surface area contributed by atoms with Crippen molar-refractivity contribution in [1.29, 1.82) is 0 Å². The Labute approximate surface area is 123 Å². The van der Waals surface area contributed by atoms with Gasteiger partial charge in [0.2, 0.25) is 0 Å². The molecule has 1 saturated carbocycles. The molecule has 1 fully saturated rings. The maximum atomic E-state index is 9.89. The van der Waals surface area contributed by atoms with E-state index in [1.165, 1.54) is 19.3 Å². The van der Waals surface area contributed by atoms with Crippen LogP contribution < -0.4 is 5.32 Å². The number of ether oxygens (including phenoxy) is 1. The van der Waals surface area contributed by atoms with Gasteiger partial charge in [-0.25, -0.2) is 0 Å². The lowest BCUT2D eigenvalue weighted by molar-refractivity contribution is -0.0451. The molecule has 3 N–H and O–H groups in total. The second-order valence-electron chi connectivity index (χ2n) is 6.13. The van der Waals surface area contributed by atoms with Crippen LogP contribution in [-0.4, -0.2) is 48.7 Å². The SMILES string of the molecule is CC1CCCCC1OCC(O)CNCCCCCCO. The van der Waals surface area contributed by atoms with E-state index in [4.69, 9.17) is 9.84 Å². The first-order chi connectivity index (χ1) is 9.74. The summed E-state index contributed by atoms with van der Waals surface area (Å²) in [5.41, 5.74) is 0. The van der Waals surface area contributed by atoms with Crippen molar-refractivity contribution in [2.24, 2.45) is 5.92 Å². The van der Waals surface area contributed by atoms with Crippen molar-refractivity contribution < 1.29 is 14.9 Å². The van der Waals surface area contributed by atoms with Gasteiger partial charge >= 0.3 is 0 Å². The Morgan fingerprint density at radius 3 is 2.65 bits per heavy atom. The van der Waals surface area contributed by atoms with Gasteiger partial charge in [0.1, 0.15) is 0 Å². The highest BCUT2D eigenvalue weighted by Crippen LogP contribution is 2.26.